The summed E-state index contributed by atoms with van der Waals surface area (Å²) in [4.78, 5) is 14.4. The minimum absolute atomic E-state index is 0.183. The van der Waals surface area contributed by atoms with Gasteiger partial charge >= 0.3 is 0 Å². The fraction of sp³-hybridized carbons (Fsp3) is 0.222. The first-order chi connectivity index (χ1) is 6.20. The molecule has 1 N–H and O–H groups in total. The zero-order valence-electron chi connectivity index (χ0n) is 7.61. The molecule has 0 aliphatic carbocycles. The molecule has 0 bridgehead atoms. The highest BCUT2D eigenvalue weighted by Crippen LogP contribution is 2.00. The van der Waals surface area contributed by atoms with E-state index in [0.29, 0.717) is 0 Å². The van der Waals surface area contributed by atoms with Crippen molar-refractivity contribution in [2.45, 2.75) is 13.8 Å². The molecule has 68 valence electrons. The minimum Gasteiger partial charge on any atom is -0.274 e. The molecule has 0 aliphatic heterocycles. The molecule has 0 spiro atoms. The van der Waals surface area contributed by atoms with Crippen LogP contribution in [-0.4, -0.2) is 17.1 Å². The van der Waals surface area contributed by atoms with Crippen molar-refractivity contribution in [3.05, 3.63) is 29.6 Å². The van der Waals surface area contributed by atoms with E-state index in [9.17, 15) is 4.79 Å². The predicted octanol–water partition coefficient (Wildman–Crippen LogP) is 0.860. The summed E-state index contributed by atoms with van der Waals surface area (Å²) in [6, 6.07) is 1.88. The highest BCUT2D eigenvalue weighted by atomic mass is 16.2. The first kappa shape index (κ1) is 9.38. The molecule has 4 heteroatoms. The van der Waals surface area contributed by atoms with Gasteiger partial charge in [0.05, 0.1) is 6.21 Å². The molecule has 1 rings (SSSR count). The number of nitrogens with one attached hydrogen (secondary N) is 1. The highest BCUT2D eigenvalue weighted by molar-refractivity contribution is 5.82. The van der Waals surface area contributed by atoms with Crippen LogP contribution in [0.25, 0.3) is 0 Å². The summed E-state index contributed by atoms with van der Waals surface area (Å²) in [5, 5.41) is 3.74. The molecule has 0 aliphatic rings. The Morgan fingerprint density at radius 2 is 2.46 bits per heavy atom. The second-order valence-electron chi connectivity index (χ2n) is 2.66. The van der Waals surface area contributed by atoms with Gasteiger partial charge in [-0.3, -0.25) is 9.78 Å². The molecule has 1 amide bonds. The smallest absolute Gasteiger partial charge is 0.236 e. The van der Waals surface area contributed by atoms with Crippen molar-refractivity contribution in [1.29, 1.82) is 0 Å². The van der Waals surface area contributed by atoms with Crippen molar-refractivity contribution in [2.75, 3.05) is 0 Å². The SMILES string of the molecule is CC(=O)N/N=C/c1cnccc1C. The van der Waals surface area contributed by atoms with Crippen LogP contribution < -0.4 is 5.43 Å². The van der Waals surface area contributed by atoms with Gasteiger partial charge in [0, 0.05) is 24.9 Å². The lowest BCUT2D eigenvalue weighted by Gasteiger charge is -1.96. The lowest BCUT2D eigenvalue weighted by molar-refractivity contribution is -0.118. The highest BCUT2D eigenvalue weighted by Gasteiger charge is 1.92. The molecule has 0 saturated heterocycles. The first-order valence-electron chi connectivity index (χ1n) is 3.90. The second-order valence-corrected chi connectivity index (χ2v) is 2.66. The molecule has 0 atom stereocenters. The van der Waals surface area contributed by atoms with E-state index in [1.807, 2.05) is 13.0 Å². The summed E-state index contributed by atoms with van der Waals surface area (Å²) in [6.07, 6.45) is 4.98. The molecule has 1 aromatic rings. The molecule has 1 heterocycles. The normalized spacial score (nSPS) is 10.3. The maximum absolute atomic E-state index is 10.5. The average Bonchev–Trinajstić information content (AvgIpc) is 2.08. The van der Waals surface area contributed by atoms with Crippen molar-refractivity contribution < 1.29 is 4.79 Å². The summed E-state index contributed by atoms with van der Waals surface area (Å²) < 4.78 is 0. The van der Waals surface area contributed by atoms with Crippen LogP contribution in [0.4, 0.5) is 0 Å². The maximum atomic E-state index is 10.5. The molecule has 0 unspecified atom stereocenters. The minimum atomic E-state index is -0.183. The van der Waals surface area contributed by atoms with E-state index >= 15 is 0 Å². The van der Waals surface area contributed by atoms with E-state index < -0.39 is 0 Å². The molecule has 13 heavy (non-hydrogen) atoms. The van der Waals surface area contributed by atoms with E-state index in [2.05, 4.69) is 15.5 Å². The van der Waals surface area contributed by atoms with Crippen molar-refractivity contribution in [1.82, 2.24) is 10.4 Å². The third-order valence-electron chi connectivity index (χ3n) is 1.51. The number of hydrogen-bond acceptors (Lipinski definition) is 3. The second kappa shape index (κ2) is 4.35. The van der Waals surface area contributed by atoms with Crippen LogP contribution in [0.2, 0.25) is 0 Å². The van der Waals surface area contributed by atoms with Crippen LogP contribution in [0, 0.1) is 6.92 Å². The van der Waals surface area contributed by atoms with Crippen molar-refractivity contribution in [3.63, 3.8) is 0 Å². The monoisotopic (exact) mass is 177 g/mol. The van der Waals surface area contributed by atoms with Crippen molar-refractivity contribution in [3.8, 4) is 0 Å². The van der Waals surface area contributed by atoms with Crippen LogP contribution in [0.1, 0.15) is 18.1 Å². The lowest BCUT2D eigenvalue weighted by atomic mass is 10.2. The van der Waals surface area contributed by atoms with Gasteiger partial charge in [0.15, 0.2) is 0 Å². The number of pyridine rings is 1. The Morgan fingerprint density at radius 3 is 3.08 bits per heavy atom. The van der Waals surface area contributed by atoms with Crippen LogP contribution in [0.5, 0.6) is 0 Å². The molecule has 0 saturated carbocycles. The van der Waals surface area contributed by atoms with Crippen LogP contribution in [-0.2, 0) is 4.79 Å². The van der Waals surface area contributed by atoms with Crippen LogP contribution >= 0.6 is 0 Å². The van der Waals surface area contributed by atoms with E-state index in [1.165, 1.54) is 6.92 Å². The summed E-state index contributed by atoms with van der Waals surface area (Å²) in [7, 11) is 0. The van der Waals surface area contributed by atoms with Crippen LogP contribution in [0.3, 0.4) is 0 Å². The average molecular weight is 177 g/mol. The first-order valence-corrected chi connectivity index (χ1v) is 3.90. The van der Waals surface area contributed by atoms with Gasteiger partial charge in [-0.2, -0.15) is 5.10 Å². The van der Waals surface area contributed by atoms with Gasteiger partial charge in [0.2, 0.25) is 5.91 Å². The Bertz CT molecular complexity index is 333. The number of rotatable bonds is 2. The van der Waals surface area contributed by atoms with Crippen molar-refractivity contribution >= 4 is 12.1 Å². The maximum Gasteiger partial charge on any atom is 0.236 e. The number of nitrogens with zero attached hydrogens (tertiary/aromatic N) is 2. The largest absolute Gasteiger partial charge is 0.274 e. The molecule has 0 radical (unpaired) electrons. The van der Waals surface area contributed by atoms with Crippen LogP contribution in [0.15, 0.2) is 23.6 Å². The molecule has 1 aromatic heterocycles. The number of amides is 1. The van der Waals surface area contributed by atoms with Gasteiger partial charge < -0.3 is 0 Å². The molecular formula is C9H11N3O. The molecule has 0 aromatic carbocycles. The number of carbonyl (C=O) groups excluding carboxylic acids is 1. The van der Waals surface area contributed by atoms with Gasteiger partial charge in [-0.15, -0.1) is 0 Å². The Morgan fingerprint density at radius 1 is 1.69 bits per heavy atom. The number of hydrogen-bond donors (Lipinski definition) is 1. The van der Waals surface area contributed by atoms with Gasteiger partial charge in [0.1, 0.15) is 0 Å². The van der Waals surface area contributed by atoms with Gasteiger partial charge in [-0.1, -0.05) is 0 Å². The van der Waals surface area contributed by atoms with E-state index in [1.54, 1.807) is 18.6 Å². The summed E-state index contributed by atoms with van der Waals surface area (Å²) >= 11 is 0. The zero-order chi connectivity index (χ0) is 9.68. The lowest BCUT2D eigenvalue weighted by Crippen LogP contribution is -2.12. The Hall–Kier alpha value is -1.71. The van der Waals surface area contributed by atoms with E-state index in [0.717, 1.165) is 11.1 Å². The quantitative estimate of drug-likeness (QED) is 0.538. The number of aryl methyl sites for hydroxylation is 1. The van der Waals surface area contributed by atoms with Gasteiger partial charge in [-0.25, -0.2) is 5.43 Å². The number of carbonyl (C=O) groups is 1. The zero-order valence-corrected chi connectivity index (χ0v) is 7.61. The van der Waals surface area contributed by atoms with Gasteiger partial charge in [-0.05, 0) is 18.6 Å². The summed E-state index contributed by atoms with van der Waals surface area (Å²) in [5.41, 5.74) is 4.30. The Kier molecular flexibility index (Phi) is 3.14. The van der Waals surface area contributed by atoms with Crippen molar-refractivity contribution in [2.24, 2.45) is 5.10 Å². The summed E-state index contributed by atoms with van der Waals surface area (Å²) in [6.45, 7) is 3.37. The molecular weight excluding hydrogens is 166 g/mol. The fourth-order valence-corrected chi connectivity index (χ4v) is 0.804. The predicted molar refractivity (Wildman–Crippen MR) is 50.4 cm³/mol. The van der Waals surface area contributed by atoms with Gasteiger partial charge in [0.25, 0.3) is 0 Å². The number of hydrazone groups is 1. The Balaban J connectivity index is 2.68. The Labute approximate surface area is 76.7 Å². The fourth-order valence-electron chi connectivity index (χ4n) is 0.804. The summed E-state index contributed by atoms with van der Waals surface area (Å²) in [5.74, 6) is -0.183. The standard InChI is InChI=1S/C9H11N3O/c1-7-3-4-10-5-9(7)6-11-12-8(2)13/h3-6H,1-2H3,(H,12,13)/b11-6+. The molecule has 4 nitrogen and oxygen atoms in total. The van der Waals surface area contributed by atoms with E-state index in [4.69, 9.17) is 0 Å². The topological polar surface area (TPSA) is 54.4 Å². The number of aromatic nitrogens is 1. The molecule has 0 fully saturated rings. The third kappa shape index (κ3) is 3.02. The van der Waals surface area contributed by atoms with E-state index in [-0.39, 0.29) is 5.91 Å². The third-order valence-corrected chi connectivity index (χ3v) is 1.51.